The van der Waals surface area contributed by atoms with Crippen LogP contribution in [0.4, 0.5) is 0 Å². The van der Waals surface area contributed by atoms with E-state index in [1.54, 1.807) is 16.8 Å². The molecule has 24 heavy (non-hydrogen) atoms. The summed E-state index contributed by atoms with van der Waals surface area (Å²) in [5, 5.41) is 16.4. The smallest absolute Gasteiger partial charge is 0.266 e. The summed E-state index contributed by atoms with van der Waals surface area (Å²) in [6.07, 6.45) is 1.44. The summed E-state index contributed by atoms with van der Waals surface area (Å²) < 4.78 is 1.78. The molecular weight excluding hydrogens is 312 g/mol. The second-order valence-corrected chi connectivity index (χ2v) is 5.92. The van der Waals surface area contributed by atoms with Crippen LogP contribution >= 0.6 is 0 Å². The molecule has 2 aromatic rings. The molecule has 0 aliphatic carbocycles. The molecule has 0 spiro atoms. The molecule has 1 saturated heterocycles. The van der Waals surface area contributed by atoms with Gasteiger partial charge in [-0.3, -0.25) is 24.4 Å². The van der Waals surface area contributed by atoms with E-state index in [0.717, 1.165) is 6.54 Å². The van der Waals surface area contributed by atoms with Crippen molar-refractivity contribution in [3.8, 4) is 0 Å². The van der Waals surface area contributed by atoms with E-state index in [-0.39, 0.29) is 11.6 Å². The molecule has 8 nitrogen and oxygen atoms in total. The fourth-order valence-electron chi connectivity index (χ4n) is 3.00. The fraction of sp³-hybridized carbons (Fsp3) is 0.375. The predicted octanol–water partition coefficient (Wildman–Crippen LogP) is 0.391. The Bertz CT molecular complexity index is 861. The highest BCUT2D eigenvalue weighted by Gasteiger charge is 2.22. The van der Waals surface area contributed by atoms with Gasteiger partial charge in [0.1, 0.15) is 0 Å². The third-order valence-electron chi connectivity index (χ3n) is 4.12. The molecule has 0 radical (unpaired) electrons. The zero-order chi connectivity index (χ0) is 17.3. The Hall–Kier alpha value is -2.74. The van der Waals surface area contributed by atoms with Crippen molar-refractivity contribution in [1.82, 2.24) is 9.99 Å². The predicted molar refractivity (Wildman–Crippen MR) is 89.8 cm³/mol. The number of Topliss-reactive ketones (excluding diaryl/α,β-unsaturated/α-hetero) is 1. The second-order valence-electron chi connectivity index (χ2n) is 5.92. The quantitative estimate of drug-likeness (QED) is 0.495. The molecule has 0 amide bonds. The lowest BCUT2D eigenvalue weighted by molar-refractivity contribution is -0.465. The van der Waals surface area contributed by atoms with Crippen LogP contribution in [0, 0.1) is 10.1 Å². The Morgan fingerprint density at radius 2 is 2.17 bits per heavy atom. The molecule has 1 unspecified atom stereocenters. The van der Waals surface area contributed by atoms with Crippen molar-refractivity contribution in [2.45, 2.75) is 13.0 Å². The number of carbonyl (C=O) groups is 1. The summed E-state index contributed by atoms with van der Waals surface area (Å²) in [5.74, 6) is -0.771. The number of benzene rings is 1. The lowest BCUT2D eigenvalue weighted by atomic mass is 10.1. The van der Waals surface area contributed by atoms with E-state index in [2.05, 4.69) is 12.2 Å². The summed E-state index contributed by atoms with van der Waals surface area (Å²) in [7, 11) is 0. The number of fused-ring (bicyclic) bond motifs is 1. The van der Waals surface area contributed by atoms with Gasteiger partial charge in [-0.1, -0.05) is 12.1 Å². The van der Waals surface area contributed by atoms with Crippen LogP contribution in [0.3, 0.4) is 0 Å². The first-order valence-corrected chi connectivity index (χ1v) is 7.75. The van der Waals surface area contributed by atoms with Crippen molar-refractivity contribution in [2.24, 2.45) is 0 Å². The molecule has 1 aromatic carbocycles. The Balaban J connectivity index is 2.16. The van der Waals surface area contributed by atoms with Crippen molar-refractivity contribution in [3.05, 3.63) is 56.4 Å². The Morgan fingerprint density at radius 1 is 1.42 bits per heavy atom. The van der Waals surface area contributed by atoms with Gasteiger partial charge in [0.05, 0.1) is 11.1 Å². The van der Waals surface area contributed by atoms with E-state index >= 15 is 0 Å². The maximum absolute atomic E-state index is 12.6. The lowest BCUT2D eigenvalue weighted by Gasteiger charge is -2.36. The zero-order valence-electron chi connectivity index (χ0n) is 13.3. The van der Waals surface area contributed by atoms with Gasteiger partial charge in [0.25, 0.3) is 6.54 Å². The van der Waals surface area contributed by atoms with E-state index in [4.69, 9.17) is 0 Å². The van der Waals surface area contributed by atoms with E-state index in [1.165, 1.54) is 6.20 Å². The highest BCUT2D eigenvalue weighted by Crippen LogP contribution is 2.14. The standard InChI is InChI=1S/C16H18N4O4/c1-11-8-18(7-6-17-11)19-9-13(15(21)10-20(23)24)16(22)12-4-2-3-5-14(12)19/h2-5,9,11,17H,6-8,10H2,1H3. The van der Waals surface area contributed by atoms with E-state index in [1.807, 2.05) is 17.1 Å². The number of rotatable bonds is 4. The van der Waals surface area contributed by atoms with Gasteiger partial charge in [-0.25, -0.2) is 0 Å². The number of aromatic nitrogens is 1. The van der Waals surface area contributed by atoms with Gasteiger partial charge in [-0.15, -0.1) is 0 Å². The zero-order valence-corrected chi connectivity index (χ0v) is 13.3. The minimum absolute atomic E-state index is 0.142. The van der Waals surface area contributed by atoms with E-state index in [0.29, 0.717) is 24.0 Å². The monoisotopic (exact) mass is 330 g/mol. The van der Waals surface area contributed by atoms with Crippen molar-refractivity contribution < 1.29 is 9.72 Å². The molecule has 1 N–H and O–H groups in total. The maximum atomic E-state index is 12.6. The van der Waals surface area contributed by atoms with E-state index in [9.17, 15) is 19.7 Å². The lowest BCUT2D eigenvalue weighted by Crippen LogP contribution is -2.54. The highest BCUT2D eigenvalue weighted by atomic mass is 16.6. The molecule has 1 atom stereocenters. The van der Waals surface area contributed by atoms with Crippen molar-refractivity contribution in [3.63, 3.8) is 0 Å². The van der Waals surface area contributed by atoms with Crippen LogP contribution in [-0.4, -0.2) is 47.6 Å². The van der Waals surface area contributed by atoms with Gasteiger partial charge in [-0.2, -0.15) is 0 Å². The molecule has 8 heteroatoms. The first-order chi connectivity index (χ1) is 11.5. The van der Waals surface area contributed by atoms with E-state index < -0.39 is 22.7 Å². The maximum Gasteiger partial charge on any atom is 0.266 e. The average Bonchev–Trinajstić information content (AvgIpc) is 2.54. The molecule has 1 fully saturated rings. The molecule has 0 saturated carbocycles. The third kappa shape index (κ3) is 3.00. The number of para-hydroxylation sites is 1. The second kappa shape index (κ2) is 6.40. The summed E-state index contributed by atoms with van der Waals surface area (Å²) >= 11 is 0. The van der Waals surface area contributed by atoms with Crippen molar-refractivity contribution in [1.29, 1.82) is 0 Å². The summed E-state index contributed by atoms with van der Waals surface area (Å²) in [6, 6.07) is 7.25. The summed E-state index contributed by atoms with van der Waals surface area (Å²) in [6.45, 7) is 3.36. The van der Waals surface area contributed by atoms with Gasteiger partial charge in [0, 0.05) is 42.2 Å². The average molecular weight is 330 g/mol. The molecule has 1 aliphatic heterocycles. The number of carbonyl (C=O) groups excluding carboxylic acids is 1. The van der Waals surface area contributed by atoms with Crippen LogP contribution < -0.4 is 15.8 Å². The number of pyridine rings is 1. The van der Waals surface area contributed by atoms with Crippen LogP contribution in [-0.2, 0) is 0 Å². The number of hydrogen-bond acceptors (Lipinski definition) is 6. The third-order valence-corrected chi connectivity index (χ3v) is 4.12. The Morgan fingerprint density at radius 3 is 2.88 bits per heavy atom. The number of ketones is 1. The minimum Gasteiger partial charge on any atom is -0.311 e. The van der Waals surface area contributed by atoms with Crippen LogP contribution in [0.15, 0.2) is 35.3 Å². The number of nitro groups is 1. The highest BCUT2D eigenvalue weighted by molar-refractivity contribution is 5.99. The molecule has 1 aromatic heterocycles. The number of hydrogen-bond donors (Lipinski definition) is 1. The SMILES string of the molecule is CC1CN(n2cc(C(=O)C[N+](=O)[O-])c(=O)c3ccccc32)CCN1. The molecular formula is C16H18N4O4. The summed E-state index contributed by atoms with van der Waals surface area (Å²) in [4.78, 5) is 34.6. The van der Waals surface area contributed by atoms with Gasteiger partial charge in [0.2, 0.25) is 11.2 Å². The minimum atomic E-state index is -0.883. The van der Waals surface area contributed by atoms with Crippen molar-refractivity contribution in [2.75, 3.05) is 31.2 Å². The van der Waals surface area contributed by atoms with Gasteiger partial charge in [0.15, 0.2) is 0 Å². The number of nitrogens with zero attached hydrogens (tertiary/aromatic N) is 3. The Kier molecular flexibility index (Phi) is 4.30. The first-order valence-electron chi connectivity index (χ1n) is 7.75. The van der Waals surface area contributed by atoms with Gasteiger partial charge in [-0.05, 0) is 19.1 Å². The number of piperazine rings is 1. The topological polar surface area (TPSA) is 97.5 Å². The van der Waals surface area contributed by atoms with Crippen LogP contribution in [0.1, 0.15) is 17.3 Å². The van der Waals surface area contributed by atoms with Crippen molar-refractivity contribution >= 4 is 16.7 Å². The number of nitrogens with one attached hydrogen (secondary N) is 1. The molecule has 3 rings (SSSR count). The normalized spacial score (nSPS) is 17.9. The molecule has 126 valence electrons. The fourth-order valence-corrected chi connectivity index (χ4v) is 3.00. The first kappa shape index (κ1) is 16.1. The Labute approximate surface area is 137 Å². The van der Waals surface area contributed by atoms with Crippen LogP contribution in [0.2, 0.25) is 0 Å². The van der Waals surface area contributed by atoms with Crippen LogP contribution in [0.25, 0.3) is 10.9 Å². The van der Waals surface area contributed by atoms with Gasteiger partial charge < -0.3 is 10.3 Å². The largest absolute Gasteiger partial charge is 0.311 e. The molecule has 0 bridgehead atoms. The van der Waals surface area contributed by atoms with Gasteiger partial charge >= 0.3 is 0 Å². The summed E-state index contributed by atoms with van der Waals surface area (Å²) in [5.41, 5.74) is 0.0859. The van der Waals surface area contributed by atoms with Crippen LogP contribution in [0.5, 0.6) is 0 Å². The molecule has 2 heterocycles. The molecule has 1 aliphatic rings.